The van der Waals surface area contributed by atoms with Gasteiger partial charge < -0.3 is 15.4 Å². The highest BCUT2D eigenvalue weighted by Gasteiger charge is 2.16. The zero-order valence-electron chi connectivity index (χ0n) is 14.9. The number of carbonyl (C=O) groups excluding carboxylic acids is 1. The van der Waals surface area contributed by atoms with Crippen LogP contribution in [-0.2, 0) is 19.5 Å². The van der Waals surface area contributed by atoms with Gasteiger partial charge >= 0.3 is 11.7 Å². The molecule has 146 valence electrons. The Kier molecular flexibility index (Phi) is 5.72. The minimum absolute atomic E-state index is 0.0266. The minimum Gasteiger partial charge on any atom is -0.491 e. The number of hydrogen-bond acceptors (Lipinski definition) is 4. The number of urea groups is 1. The van der Waals surface area contributed by atoms with Gasteiger partial charge in [-0.15, -0.1) is 0 Å². The standard InChI is InChI=1S/C17H21F2N5O3/c1-27-15-12(18)9-11(10-13(15)19)21-16(25)20-6-4-8-24-17(26)23-7-3-2-5-14(23)22-24/h9-10H,2-8H2,1H3,(H2,20,21,25). The molecule has 1 aromatic carbocycles. The molecule has 10 heteroatoms. The van der Waals surface area contributed by atoms with Crippen molar-refractivity contribution in [3.05, 3.63) is 40.1 Å². The summed E-state index contributed by atoms with van der Waals surface area (Å²) in [5, 5.41) is 9.24. The van der Waals surface area contributed by atoms with E-state index in [4.69, 9.17) is 0 Å². The molecular weight excluding hydrogens is 360 g/mol. The van der Waals surface area contributed by atoms with E-state index in [-0.39, 0.29) is 17.9 Å². The van der Waals surface area contributed by atoms with Gasteiger partial charge in [-0.3, -0.25) is 4.57 Å². The highest BCUT2D eigenvalue weighted by molar-refractivity contribution is 5.89. The van der Waals surface area contributed by atoms with Gasteiger partial charge in [0.1, 0.15) is 5.82 Å². The number of aryl methyl sites for hydroxylation is 2. The summed E-state index contributed by atoms with van der Waals surface area (Å²) in [5.41, 5.74) is -0.153. The van der Waals surface area contributed by atoms with E-state index in [1.54, 1.807) is 4.57 Å². The molecule has 1 aromatic heterocycles. The number of amides is 2. The summed E-state index contributed by atoms with van der Waals surface area (Å²) in [5.74, 6) is -1.51. The summed E-state index contributed by atoms with van der Waals surface area (Å²) in [6.45, 7) is 1.36. The van der Waals surface area contributed by atoms with E-state index in [9.17, 15) is 18.4 Å². The van der Waals surface area contributed by atoms with Crippen molar-refractivity contribution in [2.45, 2.75) is 38.8 Å². The molecule has 0 bridgehead atoms. The van der Waals surface area contributed by atoms with Gasteiger partial charge in [-0.25, -0.2) is 23.1 Å². The Morgan fingerprint density at radius 2 is 2.04 bits per heavy atom. The smallest absolute Gasteiger partial charge is 0.345 e. The maximum absolute atomic E-state index is 13.6. The lowest BCUT2D eigenvalue weighted by Crippen LogP contribution is -2.31. The van der Waals surface area contributed by atoms with E-state index >= 15 is 0 Å². The van der Waals surface area contributed by atoms with Crippen molar-refractivity contribution in [1.29, 1.82) is 0 Å². The number of hydrogen-bond donors (Lipinski definition) is 2. The van der Waals surface area contributed by atoms with E-state index in [2.05, 4.69) is 20.5 Å². The van der Waals surface area contributed by atoms with Crippen molar-refractivity contribution in [3.8, 4) is 5.75 Å². The molecule has 0 unspecified atom stereocenters. The molecule has 2 aromatic rings. The normalized spacial score (nSPS) is 13.1. The van der Waals surface area contributed by atoms with E-state index in [1.165, 1.54) is 4.68 Å². The van der Waals surface area contributed by atoms with Gasteiger partial charge in [0.15, 0.2) is 17.4 Å². The number of aromatic nitrogens is 3. The number of nitrogens with zero attached hydrogens (tertiary/aromatic N) is 3. The van der Waals surface area contributed by atoms with Crippen LogP contribution in [0.2, 0.25) is 0 Å². The molecule has 2 N–H and O–H groups in total. The summed E-state index contributed by atoms with van der Waals surface area (Å²) in [6, 6.07) is 1.34. The van der Waals surface area contributed by atoms with Crippen LogP contribution in [0.5, 0.6) is 5.75 Å². The first-order chi connectivity index (χ1) is 13.0. The first kappa shape index (κ1) is 18.9. The first-order valence-electron chi connectivity index (χ1n) is 8.74. The van der Waals surface area contributed by atoms with Crippen LogP contribution in [0.1, 0.15) is 25.1 Å². The molecule has 0 spiro atoms. The Labute approximate surface area is 154 Å². The lowest BCUT2D eigenvalue weighted by Gasteiger charge is -2.10. The first-order valence-corrected chi connectivity index (χ1v) is 8.74. The number of rotatable bonds is 6. The topological polar surface area (TPSA) is 90.2 Å². The van der Waals surface area contributed by atoms with Gasteiger partial charge in [-0.2, -0.15) is 5.10 Å². The van der Waals surface area contributed by atoms with Crippen molar-refractivity contribution >= 4 is 11.7 Å². The highest BCUT2D eigenvalue weighted by atomic mass is 19.1. The average Bonchev–Trinajstić information content (AvgIpc) is 2.95. The number of ether oxygens (including phenoxy) is 1. The van der Waals surface area contributed by atoms with Crippen LogP contribution in [0.15, 0.2) is 16.9 Å². The SMILES string of the molecule is COc1c(F)cc(NC(=O)NCCCn2nc3n(c2=O)CCCC3)cc1F. The fraction of sp³-hybridized carbons (Fsp3) is 0.471. The molecule has 1 aliphatic heterocycles. The van der Waals surface area contributed by atoms with Crippen LogP contribution in [0.25, 0.3) is 0 Å². The number of nitrogens with one attached hydrogen (secondary N) is 2. The third-order valence-electron chi connectivity index (χ3n) is 4.32. The third kappa shape index (κ3) is 4.26. The van der Waals surface area contributed by atoms with Crippen LogP contribution < -0.4 is 21.1 Å². The number of anilines is 1. The zero-order valence-corrected chi connectivity index (χ0v) is 14.9. The van der Waals surface area contributed by atoms with E-state index < -0.39 is 23.4 Å². The Balaban J connectivity index is 1.48. The van der Waals surface area contributed by atoms with E-state index in [1.807, 2.05) is 0 Å². The lowest BCUT2D eigenvalue weighted by molar-refractivity contribution is 0.251. The van der Waals surface area contributed by atoms with Crippen molar-refractivity contribution in [2.75, 3.05) is 19.0 Å². The second kappa shape index (κ2) is 8.19. The van der Waals surface area contributed by atoms with Gasteiger partial charge in [-0.1, -0.05) is 0 Å². The summed E-state index contributed by atoms with van der Waals surface area (Å²) in [4.78, 5) is 24.0. The van der Waals surface area contributed by atoms with E-state index in [0.29, 0.717) is 19.5 Å². The Morgan fingerprint density at radius 3 is 2.70 bits per heavy atom. The molecule has 0 atom stereocenters. The van der Waals surface area contributed by atoms with Gasteiger partial charge in [0.25, 0.3) is 0 Å². The largest absolute Gasteiger partial charge is 0.491 e. The van der Waals surface area contributed by atoms with E-state index in [0.717, 1.165) is 44.3 Å². The van der Waals surface area contributed by atoms with Crippen LogP contribution in [-0.4, -0.2) is 34.0 Å². The molecule has 0 radical (unpaired) electrons. The fourth-order valence-corrected chi connectivity index (χ4v) is 3.03. The van der Waals surface area contributed by atoms with Crippen molar-refractivity contribution in [1.82, 2.24) is 19.7 Å². The van der Waals surface area contributed by atoms with Crippen LogP contribution >= 0.6 is 0 Å². The van der Waals surface area contributed by atoms with Crippen LogP contribution in [0.4, 0.5) is 19.3 Å². The minimum atomic E-state index is -0.907. The molecule has 3 rings (SSSR count). The highest BCUT2D eigenvalue weighted by Crippen LogP contribution is 2.25. The molecular formula is C17H21F2N5O3. The van der Waals surface area contributed by atoms with Gasteiger partial charge in [0.05, 0.1) is 7.11 Å². The molecule has 0 saturated heterocycles. The molecule has 0 fully saturated rings. The quantitative estimate of drug-likeness (QED) is 0.748. The molecule has 0 aliphatic carbocycles. The average molecular weight is 381 g/mol. The lowest BCUT2D eigenvalue weighted by atomic mass is 10.2. The molecule has 2 heterocycles. The number of halogens is 2. The number of benzene rings is 1. The number of fused-ring (bicyclic) bond motifs is 1. The van der Waals surface area contributed by atoms with Crippen LogP contribution in [0.3, 0.4) is 0 Å². The summed E-state index contributed by atoms with van der Waals surface area (Å²) < 4.78 is 34.9. The summed E-state index contributed by atoms with van der Waals surface area (Å²) in [6.07, 6.45) is 3.31. The van der Waals surface area contributed by atoms with Crippen molar-refractivity contribution in [3.63, 3.8) is 0 Å². The summed E-state index contributed by atoms with van der Waals surface area (Å²) >= 11 is 0. The molecule has 1 aliphatic rings. The van der Waals surface area contributed by atoms with Gasteiger partial charge in [0.2, 0.25) is 0 Å². The van der Waals surface area contributed by atoms with Crippen molar-refractivity contribution < 1.29 is 18.3 Å². The molecule has 27 heavy (non-hydrogen) atoms. The molecule has 0 saturated carbocycles. The van der Waals surface area contributed by atoms with Crippen molar-refractivity contribution in [2.24, 2.45) is 0 Å². The fourth-order valence-electron chi connectivity index (χ4n) is 3.03. The third-order valence-corrected chi connectivity index (χ3v) is 4.32. The predicted octanol–water partition coefficient (Wildman–Crippen LogP) is 1.88. The molecule has 8 nitrogen and oxygen atoms in total. The molecule has 2 amide bonds. The monoisotopic (exact) mass is 381 g/mol. The second-order valence-corrected chi connectivity index (χ2v) is 6.24. The second-order valence-electron chi connectivity index (χ2n) is 6.24. The Bertz CT molecular complexity index is 870. The maximum atomic E-state index is 13.6. The maximum Gasteiger partial charge on any atom is 0.345 e. The van der Waals surface area contributed by atoms with Gasteiger partial charge in [0, 0.05) is 43.9 Å². The Hall–Kier alpha value is -2.91. The number of methoxy groups -OCH3 is 1. The number of carbonyl (C=O) groups is 1. The van der Waals surface area contributed by atoms with Crippen LogP contribution in [0, 0.1) is 11.6 Å². The summed E-state index contributed by atoms with van der Waals surface area (Å²) in [7, 11) is 1.16. The Morgan fingerprint density at radius 1 is 1.30 bits per heavy atom. The zero-order chi connectivity index (χ0) is 19.4. The predicted molar refractivity (Wildman–Crippen MR) is 94.0 cm³/mol. The van der Waals surface area contributed by atoms with Gasteiger partial charge in [-0.05, 0) is 19.3 Å².